The number of imidazole rings is 1. The Morgan fingerprint density at radius 1 is 1.07 bits per heavy atom. The van der Waals surface area contributed by atoms with Gasteiger partial charge in [0.2, 0.25) is 11.7 Å². The van der Waals surface area contributed by atoms with Gasteiger partial charge in [-0.3, -0.25) is 14.0 Å². The summed E-state index contributed by atoms with van der Waals surface area (Å²) >= 11 is 0. The summed E-state index contributed by atoms with van der Waals surface area (Å²) in [5, 5.41) is 15.9. The Kier molecular flexibility index (Phi) is 8.35. The minimum Gasteiger partial charge on any atom is -0.392 e. The van der Waals surface area contributed by atoms with E-state index in [1.54, 1.807) is 28.0 Å². The number of fused-ring (bicyclic) bond motifs is 1. The number of hydrogen-bond acceptors (Lipinski definition) is 10. The zero-order valence-corrected chi connectivity index (χ0v) is 25.7. The van der Waals surface area contributed by atoms with Crippen LogP contribution in [0.3, 0.4) is 0 Å². The molecule has 242 valence electrons. The molecule has 3 N–H and O–H groups in total. The van der Waals surface area contributed by atoms with Gasteiger partial charge in [0, 0.05) is 61.9 Å². The Morgan fingerprint density at radius 2 is 1.80 bits per heavy atom. The van der Waals surface area contributed by atoms with E-state index in [0.717, 1.165) is 12.3 Å². The maximum absolute atomic E-state index is 15.0. The first-order chi connectivity index (χ1) is 21.9. The zero-order chi connectivity index (χ0) is 32.7. The fourth-order valence-corrected chi connectivity index (χ4v) is 6.16. The highest BCUT2D eigenvalue weighted by atomic mass is 32.2. The molecule has 2 aromatic carbocycles. The monoisotopic (exact) mass is 655 g/mol. The van der Waals surface area contributed by atoms with Gasteiger partial charge in [0.1, 0.15) is 0 Å². The average molecular weight is 656 g/mol. The van der Waals surface area contributed by atoms with Crippen molar-refractivity contribution in [3.63, 3.8) is 0 Å². The van der Waals surface area contributed by atoms with Crippen molar-refractivity contribution in [1.82, 2.24) is 29.5 Å². The van der Waals surface area contributed by atoms with E-state index in [1.165, 1.54) is 29.1 Å². The number of aromatic nitrogens is 3. The minimum absolute atomic E-state index is 0.0575. The number of benzene rings is 2. The lowest BCUT2D eigenvalue weighted by molar-refractivity contribution is -0.134. The number of aryl methyl sites for hydroxylation is 1. The van der Waals surface area contributed by atoms with E-state index in [2.05, 4.69) is 24.8 Å². The van der Waals surface area contributed by atoms with Crippen LogP contribution in [-0.4, -0.2) is 101 Å². The predicted molar refractivity (Wildman–Crippen MR) is 163 cm³/mol. The second-order valence-electron chi connectivity index (χ2n) is 11.3. The maximum atomic E-state index is 15.0. The van der Waals surface area contributed by atoms with Crippen LogP contribution in [0.5, 0.6) is 5.75 Å². The molecule has 16 heteroatoms. The lowest BCUT2D eigenvalue weighted by Crippen LogP contribution is -2.54. The van der Waals surface area contributed by atoms with Crippen molar-refractivity contribution in [2.75, 3.05) is 44.3 Å². The zero-order valence-electron chi connectivity index (χ0n) is 24.9. The number of amides is 2. The van der Waals surface area contributed by atoms with Crippen molar-refractivity contribution >= 4 is 39.1 Å². The molecule has 2 fully saturated rings. The lowest BCUT2D eigenvalue weighted by atomic mass is 10.1. The Hall–Kier alpha value is -4.67. The second kappa shape index (κ2) is 12.3. The number of aliphatic hydroxyl groups is 1. The summed E-state index contributed by atoms with van der Waals surface area (Å²) < 4.78 is 58.5. The summed E-state index contributed by atoms with van der Waals surface area (Å²) in [7, 11) is -4.06. The number of carbonyl (C=O) groups is 2. The van der Waals surface area contributed by atoms with Crippen LogP contribution in [0.15, 0.2) is 48.9 Å². The quantitative estimate of drug-likeness (QED) is 0.252. The predicted octanol–water partition coefficient (Wildman–Crippen LogP) is 2.07. The van der Waals surface area contributed by atoms with Crippen LogP contribution in [0, 0.1) is 18.6 Å². The van der Waals surface area contributed by atoms with Gasteiger partial charge in [0.15, 0.2) is 23.0 Å². The Balaban J connectivity index is 1.15. The average Bonchev–Trinajstić information content (AvgIpc) is 3.65. The number of rotatable bonds is 7. The van der Waals surface area contributed by atoms with Gasteiger partial charge in [-0.2, -0.15) is 12.8 Å². The molecule has 4 heterocycles. The van der Waals surface area contributed by atoms with E-state index in [0.29, 0.717) is 67.4 Å². The standard InChI is InChI=1S/C30H31F2N7O6S/c1-17-13-18(3-4-20(17)29(41)37-9-11-38(12-10-37)30(42)22-14-19(40)15-34-22)36-27-28-35-16-23(39(28)8-7-33-27)21-5-6-24(26(32)25(21)31)45-46(2,43)44/h3-8,13,16,19,22,34,40H,9-12,14-15H2,1-2H3,(H,33,36)/t19-,22+/m1/s1. The number of aliphatic hydroxyl groups excluding tert-OH is 1. The molecule has 0 aliphatic carbocycles. The summed E-state index contributed by atoms with van der Waals surface area (Å²) in [4.78, 5) is 38.2. The maximum Gasteiger partial charge on any atom is 0.306 e. The molecule has 2 atom stereocenters. The number of halogens is 2. The number of piperazine rings is 1. The van der Waals surface area contributed by atoms with Crippen molar-refractivity contribution in [2.24, 2.45) is 0 Å². The molecule has 0 unspecified atom stereocenters. The normalized spacial score (nSPS) is 18.6. The Bertz CT molecular complexity index is 1950. The molecule has 2 amide bonds. The molecule has 13 nitrogen and oxygen atoms in total. The first-order valence-electron chi connectivity index (χ1n) is 14.5. The fraction of sp³-hybridized carbons (Fsp3) is 0.333. The van der Waals surface area contributed by atoms with Crippen LogP contribution in [-0.2, 0) is 14.9 Å². The Morgan fingerprint density at radius 3 is 2.48 bits per heavy atom. The molecule has 0 spiro atoms. The first kappa shape index (κ1) is 31.3. The highest BCUT2D eigenvalue weighted by Crippen LogP contribution is 2.32. The summed E-state index contributed by atoms with van der Waals surface area (Å²) in [6, 6.07) is 7.05. The molecule has 2 aliphatic heterocycles. The molecular weight excluding hydrogens is 624 g/mol. The van der Waals surface area contributed by atoms with Gasteiger partial charge in [0.25, 0.3) is 5.91 Å². The van der Waals surface area contributed by atoms with Gasteiger partial charge < -0.3 is 29.7 Å². The van der Waals surface area contributed by atoms with Crippen LogP contribution < -0.4 is 14.8 Å². The molecule has 4 aromatic rings. The largest absolute Gasteiger partial charge is 0.392 e. The molecule has 46 heavy (non-hydrogen) atoms. The third-order valence-corrected chi connectivity index (χ3v) is 8.48. The van der Waals surface area contributed by atoms with Crippen molar-refractivity contribution in [2.45, 2.75) is 25.5 Å². The fourth-order valence-electron chi connectivity index (χ4n) is 5.71. The summed E-state index contributed by atoms with van der Waals surface area (Å²) in [5.41, 5.74) is 2.17. The molecule has 2 saturated heterocycles. The number of nitrogens with one attached hydrogen (secondary N) is 2. The number of β-amino-alcohol motifs (C(OH)–C–C–N with tert-alkyl or cyclic N) is 1. The van der Waals surface area contributed by atoms with E-state index in [9.17, 15) is 27.5 Å². The highest BCUT2D eigenvalue weighted by Gasteiger charge is 2.33. The van der Waals surface area contributed by atoms with Crippen LogP contribution in [0.4, 0.5) is 20.3 Å². The van der Waals surface area contributed by atoms with E-state index < -0.39 is 39.6 Å². The van der Waals surface area contributed by atoms with Crippen molar-refractivity contribution in [1.29, 1.82) is 0 Å². The first-order valence-corrected chi connectivity index (χ1v) is 16.3. The SMILES string of the molecule is Cc1cc(Nc2nccn3c(-c4ccc(OS(C)(=O)=O)c(F)c4F)cnc23)ccc1C(=O)N1CCN(C(=O)[C@@H]2C[C@@H](O)CN2)CC1. The topological polar surface area (TPSA) is 158 Å². The van der Waals surface area contributed by atoms with Crippen molar-refractivity contribution in [3.8, 4) is 17.0 Å². The number of nitrogens with zero attached hydrogens (tertiary/aromatic N) is 5. The van der Waals surface area contributed by atoms with Gasteiger partial charge in [-0.1, -0.05) is 0 Å². The Labute approximate surface area is 262 Å². The molecule has 0 saturated carbocycles. The third kappa shape index (κ3) is 6.23. The van der Waals surface area contributed by atoms with Gasteiger partial charge >= 0.3 is 10.1 Å². The van der Waals surface area contributed by atoms with Crippen LogP contribution in [0.2, 0.25) is 0 Å². The number of hydrogen-bond donors (Lipinski definition) is 3. The highest BCUT2D eigenvalue weighted by molar-refractivity contribution is 7.86. The van der Waals surface area contributed by atoms with Crippen LogP contribution in [0.1, 0.15) is 22.3 Å². The van der Waals surface area contributed by atoms with Crippen LogP contribution in [0.25, 0.3) is 16.9 Å². The van der Waals surface area contributed by atoms with Gasteiger partial charge in [0.05, 0.1) is 30.3 Å². The minimum atomic E-state index is -4.06. The van der Waals surface area contributed by atoms with Gasteiger partial charge in [-0.05, 0) is 49.2 Å². The lowest BCUT2D eigenvalue weighted by Gasteiger charge is -2.36. The molecule has 2 aliphatic rings. The smallest absolute Gasteiger partial charge is 0.306 e. The molecule has 0 bridgehead atoms. The number of anilines is 2. The van der Waals surface area contributed by atoms with Crippen LogP contribution >= 0.6 is 0 Å². The molecule has 0 radical (unpaired) electrons. The third-order valence-electron chi connectivity index (χ3n) is 8.00. The number of carbonyl (C=O) groups excluding carboxylic acids is 2. The second-order valence-corrected chi connectivity index (χ2v) is 12.8. The van der Waals surface area contributed by atoms with Crippen molar-refractivity contribution < 1.29 is 36.1 Å². The summed E-state index contributed by atoms with van der Waals surface area (Å²) in [6.45, 7) is 3.82. The molecular formula is C30H31F2N7O6S. The van der Waals surface area contributed by atoms with E-state index in [1.807, 2.05) is 6.92 Å². The van der Waals surface area contributed by atoms with E-state index in [-0.39, 0.29) is 23.1 Å². The molecule has 2 aromatic heterocycles. The van der Waals surface area contributed by atoms with Gasteiger partial charge in [-0.15, -0.1) is 0 Å². The van der Waals surface area contributed by atoms with E-state index >= 15 is 4.39 Å². The van der Waals surface area contributed by atoms with Gasteiger partial charge in [-0.25, -0.2) is 14.4 Å². The summed E-state index contributed by atoms with van der Waals surface area (Å²) in [6.07, 6.45) is 4.91. The summed E-state index contributed by atoms with van der Waals surface area (Å²) in [5.74, 6) is -3.40. The van der Waals surface area contributed by atoms with Crippen molar-refractivity contribution in [3.05, 3.63) is 71.7 Å². The molecule has 6 rings (SSSR count). The van der Waals surface area contributed by atoms with E-state index in [4.69, 9.17) is 0 Å².